The number of amides is 2. The lowest BCUT2D eigenvalue weighted by molar-refractivity contribution is 0.0925. The van der Waals surface area contributed by atoms with Gasteiger partial charge in [-0.3, -0.25) is 9.59 Å². The normalized spacial score (nSPS) is 13.6. The molecule has 0 spiro atoms. The molecule has 21 heavy (non-hydrogen) atoms. The van der Waals surface area contributed by atoms with Crippen LogP contribution in [0.1, 0.15) is 20.7 Å². The monoisotopic (exact) mass is 413 g/mol. The van der Waals surface area contributed by atoms with E-state index < -0.39 is 11.8 Å². The molecule has 2 aromatic carbocycles. The average Bonchev–Trinajstić information content (AvgIpc) is 2.74. The molecule has 0 saturated carbocycles. The quantitative estimate of drug-likeness (QED) is 0.556. The van der Waals surface area contributed by atoms with Crippen LogP contribution in [0.4, 0.5) is 5.69 Å². The Kier molecular flexibility index (Phi) is 3.62. The number of carbonyl (C=O) groups excluding carboxylic acids is 2. The number of rotatable bonds is 2. The van der Waals surface area contributed by atoms with E-state index in [0.29, 0.717) is 21.9 Å². The highest BCUT2D eigenvalue weighted by atomic mass is 127. The van der Waals surface area contributed by atoms with Crippen LogP contribution in [-0.2, 0) is 0 Å². The molecule has 1 heterocycles. The van der Waals surface area contributed by atoms with Crippen LogP contribution in [0.2, 0.25) is 5.02 Å². The number of benzene rings is 2. The Morgan fingerprint density at radius 2 is 1.62 bits per heavy atom. The van der Waals surface area contributed by atoms with Crippen LogP contribution in [0.25, 0.3) is 0 Å². The first kappa shape index (κ1) is 14.3. The molecule has 0 saturated heterocycles. The predicted octanol–water partition coefficient (Wildman–Crippen LogP) is 3.75. The van der Waals surface area contributed by atoms with E-state index in [1.807, 2.05) is 0 Å². The molecule has 1 aliphatic rings. The van der Waals surface area contributed by atoms with Crippen molar-refractivity contribution in [3.8, 4) is 5.75 Å². The zero-order chi connectivity index (χ0) is 15.1. The number of halogens is 2. The molecular formula is C15H9ClINO3. The van der Waals surface area contributed by atoms with Crippen molar-refractivity contribution in [1.82, 2.24) is 0 Å². The highest BCUT2D eigenvalue weighted by Gasteiger charge is 2.39. The number of imide groups is 1. The van der Waals surface area contributed by atoms with Crippen molar-refractivity contribution in [2.75, 3.05) is 12.0 Å². The number of carbonyl (C=O) groups is 2. The van der Waals surface area contributed by atoms with E-state index in [-0.39, 0.29) is 5.69 Å². The molecule has 0 radical (unpaired) electrons. The van der Waals surface area contributed by atoms with Crippen LogP contribution in [0.15, 0.2) is 36.4 Å². The maximum atomic E-state index is 12.5. The van der Waals surface area contributed by atoms with Crippen molar-refractivity contribution < 1.29 is 14.3 Å². The summed E-state index contributed by atoms with van der Waals surface area (Å²) in [6.07, 6.45) is 0. The molecule has 0 aliphatic carbocycles. The molecule has 0 aromatic heterocycles. The third-order valence-electron chi connectivity index (χ3n) is 3.26. The lowest BCUT2D eigenvalue weighted by Crippen LogP contribution is -2.30. The van der Waals surface area contributed by atoms with Gasteiger partial charge in [0, 0.05) is 0 Å². The van der Waals surface area contributed by atoms with Crippen LogP contribution in [-0.4, -0.2) is 18.9 Å². The first-order valence-electron chi connectivity index (χ1n) is 6.06. The van der Waals surface area contributed by atoms with E-state index in [1.165, 1.54) is 7.11 Å². The van der Waals surface area contributed by atoms with Crippen molar-refractivity contribution in [3.05, 3.63) is 56.1 Å². The fraction of sp³-hybridized carbons (Fsp3) is 0.0667. The molecule has 0 N–H and O–H groups in total. The summed E-state index contributed by atoms with van der Waals surface area (Å²) in [5.41, 5.74) is 1.04. The van der Waals surface area contributed by atoms with Gasteiger partial charge < -0.3 is 4.74 Å². The van der Waals surface area contributed by atoms with Gasteiger partial charge >= 0.3 is 0 Å². The van der Waals surface area contributed by atoms with Gasteiger partial charge in [0.05, 0.1) is 26.8 Å². The highest BCUT2D eigenvalue weighted by molar-refractivity contribution is 14.1. The van der Waals surface area contributed by atoms with Crippen molar-refractivity contribution in [2.24, 2.45) is 0 Å². The Balaban J connectivity index is 2.23. The van der Waals surface area contributed by atoms with Crippen molar-refractivity contribution in [2.45, 2.75) is 0 Å². The van der Waals surface area contributed by atoms with Gasteiger partial charge in [-0.05, 0) is 46.9 Å². The minimum Gasteiger partial charge on any atom is -0.493 e. The van der Waals surface area contributed by atoms with Gasteiger partial charge in [-0.15, -0.1) is 0 Å². The minimum atomic E-state index is -0.391. The number of methoxy groups -OCH3 is 1. The van der Waals surface area contributed by atoms with E-state index in [0.717, 1.165) is 8.47 Å². The number of ether oxygens (including phenoxy) is 1. The summed E-state index contributed by atoms with van der Waals surface area (Å²) >= 11 is 8.27. The number of fused-ring (bicyclic) bond motifs is 1. The highest BCUT2D eigenvalue weighted by Crippen LogP contribution is 2.42. The number of nitrogens with zero attached hydrogens (tertiary/aromatic N) is 1. The van der Waals surface area contributed by atoms with E-state index in [2.05, 4.69) is 22.6 Å². The molecule has 4 nitrogen and oxygen atoms in total. The molecular weight excluding hydrogens is 405 g/mol. The average molecular weight is 414 g/mol. The zero-order valence-corrected chi connectivity index (χ0v) is 13.8. The smallest absolute Gasteiger partial charge is 0.266 e. The minimum absolute atomic E-state index is 0.289. The molecule has 0 fully saturated rings. The Labute approximate surface area is 139 Å². The predicted molar refractivity (Wildman–Crippen MR) is 88.3 cm³/mol. The summed E-state index contributed by atoms with van der Waals surface area (Å²) in [4.78, 5) is 26.1. The number of hydrogen-bond donors (Lipinski definition) is 0. The van der Waals surface area contributed by atoms with Gasteiger partial charge in [-0.2, -0.15) is 0 Å². The third kappa shape index (κ3) is 2.11. The summed E-state index contributed by atoms with van der Waals surface area (Å²) in [6, 6.07) is 10.1. The van der Waals surface area contributed by atoms with Gasteiger partial charge in [0.15, 0.2) is 5.75 Å². The van der Waals surface area contributed by atoms with Crippen LogP contribution in [0, 0.1) is 3.57 Å². The maximum Gasteiger partial charge on any atom is 0.266 e. The summed E-state index contributed by atoms with van der Waals surface area (Å²) in [6.45, 7) is 0. The van der Waals surface area contributed by atoms with Gasteiger partial charge in [0.25, 0.3) is 11.8 Å². The van der Waals surface area contributed by atoms with E-state index >= 15 is 0 Å². The summed E-state index contributed by atoms with van der Waals surface area (Å²) in [5.74, 6) is -0.367. The first-order valence-corrected chi connectivity index (χ1v) is 7.51. The Morgan fingerprint density at radius 3 is 2.14 bits per heavy atom. The number of hydrogen-bond acceptors (Lipinski definition) is 3. The zero-order valence-electron chi connectivity index (χ0n) is 10.9. The second-order valence-corrected chi connectivity index (χ2v) is 5.97. The second kappa shape index (κ2) is 5.31. The molecule has 2 aromatic rings. The van der Waals surface area contributed by atoms with Gasteiger partial charge in [-0.1, -0.05) is 23.7 Å². The summed E-state index contributed by atoms with van der Waals surface area (Å²) < 4.78 is 6.10. The van der Waals surface area contributed by atoms with Crippen LogP contribution >= 0.6 is 34.2 Å². The van der Waals surface area contributed by atoms with Gasteiger partial charge in [0.2, 0.25) is 0 Å². The lowest BCUT2D eigenvalue weighted by Gasteiger charge is -2.19. The molecule has 1 aliphatic heterocycles. The molecule has 0 bridgehead atoms. The SMILES string of the molecule is COc1c(I)ccc(Cl)c1N1C(=O)c2ccccc2C1=O. The first-order chi connectivity index (χ1) is 10.1. The molecule has 2 amide bonds. The van der Waals surface area contributed by atoms with Crippen LogP contribution in [0.3, 0.4) is 0 Å². The van der Waals surface area contributed by atoms with Crippen LogP contribution < -0.4 is 9.64 Å². The standard InChI is InChI=1S/C15H9ClINO3/c1-21-13-11(17)7-6-10(16)12(13)18-14(19)8-4-2-3-5-9(8)15(18)20/h2-7H,1H3. The number of anilines is 1. The Bertz CT molecular complexity index is 741. The van der Waals surface area contributed by atoms with Gasteiger partial charge in [0.1, 0.15) is 5.69 Å². The fourth-order valence-electron chi connectivity index (χ4n) is 2.32. The Hall–Kier alpha value is -1.60. The van der Waals surface area contributed by atoms with E-state index in [1.54, 1.807) is 36.4 Å². The van der Waals surface area contributed by atoms with Gasteiger partial charge in [-0.25, -0.2) is 4.90 Å². The van der Waals surface area contributed by atoms with E-state index in [9.17, 15) is 9.59 Å². The van der Waals surface area contributed by atoms with E-state index in [4.69, 9.17) is 16.3 Å². The molecule has 0 unspecified atom stereocenters. The van der Waals surface area contributed by atoms with Crippen molar-refractivity contribution >= 4 is 51.7 Å². The maximum absolute atomic E-state index is 12.5. The third-order valence-corrected chi connectivity index (χ3v) is 4.41. The molecule has 0 atom stereocenters. The fourth-order valence-corrected chi connectivity index (χ4v) is 3.21. The van der Waals surface area contributed by atoms with Crippen molar-refractivity contribution in [1.29, 1.82) is 0 Å². The second-order valence-electron chi connectivity index (χ2n) is 4.40. The lowest BCUT2D eigenvalue weighted by atomic mass is 10.1. The summed E-state index contributed by atoms with van der Waals surface area (Å²) in [5, 5.41) is 0.293. The molecule has 6 heteroatoms. The largest absolute Gasteiger partial charge is 0.493 e. The van der Waals surface area contributed by atoms with Crippen LogP contribution in [0.5, 0.6) is 5.75 Å². The molecule has 106 valence electrons. The van der Waals surface area contributed by atoms with Crippen molar-refractivity contribution in [3.63, 3.8) is 0 Å². The topological polar surface area (TPSA) is 46.6 Å². The summed E-state index contributed by atoms with van der Waals surface area (Å²) in [7, 11) is 1.48. The Morgan fingerprint density at radius 1 is 1.05 bits per heavy atom. The molecule has 3 rings (SSSR count).